The minimum absolute atomic E-state index is 0.0713. The third-order valence-corrected chi connectivity index (χ3v) is 5.54. The van der Waals surface area contributed by atoms with Gasteiger partial charge in [-0.3, -0.25) is 18.9 Å². The van der Waals surface area contributed by atoms with Crippen molar-refractivity contribution in [1.29, 1.82) is 0 Å². The number of nitrogens with zero attached hydrogens (tertiary/aromatic N) is 4. The first-order valence-electron chi connectivity index (χ1n) is 6.93. The van der Waals surface area contributed by atoms with E-state index in [0.29, 0.717) is 18.1 Å². The number of rotatable bonds is 3. The summed E-state index contributed by atoms with van der Waals surface area (Å²) in [7, 11) is 0. The van der Waals surface area contributed by atoms with Crippen LogP contribution in [0.5, 0.6) is 0 Å². The van der Waals surface area contributed by atoms with Crippen molar-refractivity contribution in [3.8, 4) is 0 Å². The van der Waals surface area contributed by atoms with E-state index in [-0.39, 0.29) is 17.6 Å². The van der Waals surface area contributed by atoms with Crippen LogP contribution in [0.3, 0.4) is 0 Å². The zero-order valence-electron chi connectivity index (χ0n) is 11.6. The summed E-state index contributed by atoms with van der Waals surface area (Å²) < 4.78 is 3.10. The highest BCUT2D eigenvalue weighted by Crippen LogP contribution is 2.29. The van der Waals surface area contributed by atoms with Crippen LogP contribution in [0.1, 0.15) is 12.8 Å². The van der Waals surface area contributed by atoms with E-state index in [1.54, 1.807) is 11.3 Å². The Morgan fingerprint density at radius 1 is 1.32 bits per heavy atom. The third kappa shape index (κ3) is 2.19. The second-order valence-electron chi connectivity index (χ2n) is 5.00. The molecule has 0 atom stereocenters. The van der Waals surface area contributed by atoms with Gasteiger partial charge in [-0.1, -0.05) is 35.2 Å². The molecule has 0 saturated carbocycles. The number of benzene rings is 1. The lowest BCUT2D eigenvalue weighted by molar-refractivity contribution is -0.140. The monoisotopic (exact) mass is 332 g/mol. The van der Waals surface area contributed by atoms with Crippen molar-refractivity contribution in [2.45, 2.75) is 18.0 Å². The predicted octanol–water partition coefficient (Wildman–Crippen LogP) is 2.19. The molecule has 1 aromatic carbocycles. The number of thioether (sulfide) groups is 1. The molecule has 0 spiro atoms. The summed E-state index contributed by atoms with van der Waals surface area (Å²) >= 11 is 2.89. The Kier molecular flexibility index (Phi) is 3.34. The quantitative estimate of drug-likeness (QED) is 0.688. The Morgan fingerprint density at radius 3 is 3.00 bits per heavy atom. The molecule has 22 heavy (non-hydrogen) atoms. The maximum absolute atomic E-state index is 12.1. The van der Waals surface area contributed by atoms with Gasteiger partial charge in [0.15, 0.2) is 5.16 Å². The maximum Gasteiger partial charge on any atom is 0.239 e. The predicted molar refractivity (Wildman–Crippen MR) is 85.0 cm³/mol. The second-order valence-corrected chi connectivity index (χ2v) is 6.95. The smallest absolute Gasteiger partial charge is 0.239 e. The van der Waals surface area contributed by atoms with Crippen LogP contribution in [-0.4, -0.2) is 43.6 Å². The number of fused-ring (bicyclic) bond motifs is 3. The minimum atomic E-state index is -0.149. The normalized spacial score (nSPS) is 15.3. The molecule has 0 bridgehead atoms. The largest absolute Gasteiger partial charge is 0.282 e. The van der Waals surface area contributed by atoms with Crippen LogP contribution in [0.2, 0.25) is 0 Å². The van der Waals surface area contributed by atoms with Gasteiger partial charge >= 0.3 is 0 Å². The Morgan fingerprint density at radius 2 is 2.18 bits per heavy atom. The van der Waals surface area contributed by atoms with Crippen molar-refractivity contribution in [1.82, 2.24) is 19.5 Å². The highest BCUT2D eigenvalue weighted by atomic mass is 32.2. The van der Waals surface area contributed by atoms with Crippen LogP contribution >= 0.6 is 23.1 Å². The lowest BCUT2D eigenvalue weighted by Crippen LogP contribution is -2.33. The van der Waals surface area contributed by atoms with Gasteiger partial charge in [0, 0.05) is 13.0 Å². The first-order chi connectivity index (χ1) is 10.7. The highest BCUT2D eigenvalue weighted by molar-refractivity contribution is 7.99. The van der Waals surface area contributed by atoms with Gasteiger partial charge in [0.25, 0.3) is 0 Å². The molecule has 0 unspecified atom stereocenters. The van der Waals surface area contributed by atoms with E-state index >= 15 is 0 Å². The standard InChI is InChI=1S/C14H12N4O2S2/c19-11-6-3-7-17(11)12(20)8-21-13-15-16-14-18(13)9-4-1-2-5-10(9)22-14/h1-2,4-5H,3,6-8H2. The molecular formula is C14H12N4O2S2. The molecule has 2 aromatic heterocycles. The van der Waals surface area contributed by atoms with E-state index in [0.717, 1.165) is 21.6 Å². The van der Waals surface area contributed by atoms with E-state index in [9.17, 15) is 9.59 Å². The van der Waals surface area contributed by atoms with Crippen LogP contribution < -0.4 is 0 Å². The van der Waals surface area contributed by atoms with Gasteiger partial charge in [0.05, 0.1) is 16.0 Å². The average Bonchev–Trinajstić information content (AvgIpc) is 3.19. The summed E-state index contributed by atoms with van der Waals surface area (Å²) in [5, 5.41) is 9.01. The highest BCUT2D eigenvalue weighted by Gasteiger charge is 2.26. The fraction of sp³-hybridized carbons (Fsp3) is 0.286. The molecule has 0 N–H and O–H groups in total. The molecule has 3 aromatic rings. The van der Waals surface area contributed by atoms with Gasteiger partial charge in [-0.05, 0) is 18.6 Å². The molecule has 6 nitrogen and oxygen atoms in total. The van der Waals surface area contributed by atoms with Crippen molar-refractivity contribution in [2.75, 3.05) is 12.3 Å². The fourth-order valence-corrected chi connectivity index (χ4v) is 4.41. The molecule has 0 aliphatic carbocycles. The van der Waals surface area contributed by atoms with E-state index < -0.39 is 0 Å². The van der Waals surface area contributed by atoms with Gasteiger partial charge in [-0.15, -0.1) is 10.2 Å². The minimum Gasteiger partial charge on any atom is -0.282 e. The van der Waals surface area contributed by atoms with Gasteiger partial charge in [0.2, 0.25) is 16.8 Å². The van der Waals surface area contributed by atoms with Crippen LogP contribution in [0.4, 0.5) is 0 Å². The second kappa shape index (κ2) is 5.36. The molecule has 4 rings (SSSR count). The van der Waals surface area contributed by atoms with Crippen molar-refractivity contribution < 1.29 is 9.59 Å². The summed E-state index contributed by atoms with van der Waals surface area (Å²) in [6.07, 6.45) is 1.24. The number of thiazole rings is 1. The van der Waals surface area contributed by atoms with E-state index in [2.05, 4.69) is 10.2 Å². The van der Waals surface area contributed by atoms with E-state index in [1.807, 2.05) is 28.7 Å². The SMILES string of the molecule is O=C1CCCN1C(=O)CSc1nnc2sc3ccccc3n12. The fourth-order valence-electron chi connectivity index (χ4n) is 2.56. The molecule has 1 aliphatic heterocycles. The van der Waals surface area contributed by atoms with Crippen molar-refractivity contribution in [3.63, 3.8) is 0 Å². The number of imide groups is 1. The number of amides is 2. The summed E-state index contributed by atoms with van der Waals surface area (Å²) in [4.78, 5) is 25.9. The molecule has 0 radical (unpaired) electrons. The molecule has 1 saturated heterocycles. The van der Waals surface area contributed by atoms with Gasteiger partial charge in [-0.2, -0.15) is 0 Å². The van der Waals surface area contributed by atoms with Crippen LogP contribution in [0.25, 0.3) is 15.2 Å². The molecule has 2 amide bonds. The summed E-state index contributed by atoms with van der Waals surface area (Å²) in [5.41, 5.74) is 1.04. The first-order valence-corrected chi connectivity index (χ1v) is 8.73. The number of carbonyl (C=O) groups excluding carboxylic acids is 2. The topological polar surface area (TPSA) is 67.6 Å². The van der Waals surface area contributed by atoms with Gasteiger partial charge in [0.1, 0.15) is 0 Å². The van der Waals surface area contributed by atoms with E-state index in [1.165, 1.54) is 16.7 Å². The number of carbonyl (C=O) groups is 2. The lowest BCUT2D eigenvalue weighted by atomic mass is 10.3. The number of para-hydroxylation sites is 1. The van der Waals surface area contributed by atoms with Crippen molar-refractivity contribution in [2.24, 2.45) is 0 Å². The Balaban J connectivity index is 1.59. The maximum atomic E-state index is 12.1. The summed E-state index contributed by atoms with van der Waals surface area (Å²) in [6, 6.07) is 8.01. The number of hydrogen-bond donors (Lipinski definition) is 0. The summed E-state index contributed by atoms with van der Waals surface area (Å²) in [6.45, 7) is 0.537. The van der Waals surface area contributed by atoms with Crippen molar-refractivity contribution in [3.05, 3.63) is 24.3 Å². The zero-order chi connectivity index (χ0) is 15.1. The number of hydrogen-bond acceptors (Lipinski definition) is 6. The molecule has 112 valence electrons. The number of aromatic nitrogens is 3. The van der Waals surface area contributed by atoms with E-state index in [4.69, 9.17) is 0 Å². The van der Waals surface area contributed by atoms with Crippen LogP contribution in [-0.2, 0) is 9.59 Å². The van der Waals surface area contributed by atoms with Gasteiger partial charge < -0.3 is 0 Å². The van der Waals surface area contributed by atoms with Crippen LogP contribution in [0, 0.1) is 0 Å². The number of likely N-dealkylation sites (tertiary alicyclic amines) is 1. The molecule has 8 heteroatoms. The molecule has 1 aliphatic rings. The average molecular weight is 332 g/mol. The Bertz CT molecular complexity index is 885. The van der Waals surface area contributed by atoms with Gasteiger partial charge in [-0.25, -0.2) is 0 Å². The lowest BCUT2D eigenvalue weighted by Gasteiger charge is -2.12. The Hall–Kier alpha value is -1.93. The molecular weight excluding hydrogens is 320 g/mol. The first kappa shape index (κ1) is 13.7. The third-order valence-electron chi connectivity index (χ3n) is 3.61. The van der Waals surface area contributed by atoms with Crippen LogP contribution in [0.15, 0.2) is 29.4 Å². The summed E-state index contributed by atoms with van der Waals surface area (Å²) in [5.74, 6) is -0.0155. The zero-order valence-corrected chi connectivity index (χ0v) is 13.2. The molecule has 1 fully saturated rings. The Labute approximate surface area is 134 Å². The van der Waals surface area contributed by atoms with Crippen molar-refractivity contribution >= 4 is 50.1 Å². The molecule has 3 heterocycles.